The van der Waals surface area contributed by atoms with Crippen LogP contribution in [-0.4, -0.2) is 40.1 Å². The Labute approximate surface area is 206 Å². The number of fused-ring (bicyclic) bond motifs is 1. The molecule has 8 heteroatoms. The first kappa shape index (κ1) is 24.5. The van der Waals surface area contributed by atoms with E-state index in [1.165, 1.54) is 6.08 Å². The molecule has 1 aromatic carbocycles. The summed E-state index contributed by atoms with van der Waals surface area (Å²) in [6.07, 6.45) is 6.69. The molecule has 180 valence electrons. The number of nitrogens with zero attached hydrogens (tertiary/aromatic N) is 4. The molecule has 0 atom stereocenters. The minimum atomic E-state index is -1.17. The topological polar surface area (TPSA) is 81.9 Å². The molecule has 0 bridgehead atoms. The summed E-state index contributed by atoms with van der Waals surface area (Å²) in [7, 11) is -1.17. The van der Waals surface area contributed by atoms with Gasteiger partial charge < -0.3 is 14.6 Å². The van der Waals surface area contributed by atoms with Gasteiger partial charge in [-0.15, -0.1) is 0 Å². The maximum Gasteiger partial charge on any atom is 0.243 e. The number of carbonyl (C=O) groups excluding carboxylic acids is 1. The van der Waals surface area contributed by atoms with Crippen LogP contribution in [0.5, 0.6) is 0 Å². The Bertz CT molecular complexity index is 1330. The van der Waals surface area contributed by atoms with Crippen LogP contribution in [0.25, 0.3) is 33.5 Å². The van der Waals surface area contributed by atoms with E-state index >= 15 is 0 Å². The summed E-state index contributed by atoms with van der Waals surface area (Å²) in [6.45, 7) is 12.1. The molecule has 0 aliphatic carbocycles. The average Bonchev–Trinajstić information content (AvgIpc) is 3.24. The van der Waals surface area contributed by atoms with Gasteiger partial charge in [0.1, 0.15) is 18.7 Å². The molecular formula is C27H31N5O2Si. The van der Waals surface area contributed by atoms with Gasteiger partial charge in [0.15, 0.2) is 0 Å². The maximum atomic E-state index is 11.6. The quantitative estimate of drug-likeness (QED) is 0.188. The van der Waals surface area contributed by atoms with Crippen molar-refractivity contribution in [2.24, 2.45) is 0 Å². The second kappa shape index (κ2) is 10.8. The number of rotatable bonds is 10. The third-order valence-corrected chi connectivity index (χ3v) is 7.38. The summed E-state index contributed by atoms with van der Waals surface area (Å²) >= 11 is 0. The zero-order valence-electron chi connectivity index (χ0n) is 20.5. The van der Waals surface area contributed by atoms with Crippen molar-refractivity contribution in [2.45, 2.75) is 39.0 Å². The lowest BCUT2D eigenvalue weighted by Gasteiger charge is -2.15. The van der Waals surface area contributed by atoms with E-state index in [-0.39, 0.29) is 5.91 Å². The fourth-order valence-electron chi connectivity index (χ4n) is 3.79. The largest absolute Gasteiger partial charge is 0.361 e. The lowest BCUT2D eigenvalue weighted by Crippen LogP contribution is -2.22. The molecule has 4 rings (SSSR count). The SMILES string of the molecule is C=CC(=O)NCc1cccc(-c2ncnc3c2c(-c2ccccn2)cn3COCC[Si](C)(C)C)c1. The van der Waals surface area contributed by atoms with Crippen molar-refractivity contribution < 1.29 is 9.53 Å². The molecule has 1 N–H and O–H groups in total. The van der Waals surface area contributed by atoms with E-state index < -0.39 is 8.07 Å². The molecule has 0 fully saturated rings. The van der Waals surface area contributed by atoms with Gasteiger partial charge in [-0.05, 0) is 35.9 Å². The van der Waals surface area contributed by atoms with Crippen LogP contribution in [0.15, 0.2) is 73.8 Å². The number of carbonyl (C=O) groups is 1. The highest BCUT2D eigenvalue weighted by Crippen LogP contribution is 2.35. The molecule has 0 aliphatic rings. The van der Waals surface area contributed by atoms with E-state index in [0.29, 0.717) is 13.3 Å². The van der Waals surface area contributed by atoms with E-state index in [2.05, 4.69) is 46.5 Å². The summed E-state index contributed by atoms with van der Waals surface area (Å²) in [5.74, 6) is -0.205. The summed E-state index contributed by atoms with van der Waals surface area (Å²) in [4.78, 5) is 25.5. The molecule has 1 amide bonds. The molecule has 0 saturated heterocycles. The summed E-state index contributed by atoms with van der Waals surface area (Å²) < 4.78 is 8.08. The van der Waals surface area contributed by atoms with Crippen LogP contribution in [0, 0.1) is 0 Å². The number of pyridine rings is 1. The van der Waals surface area contributed by atoms with Crippen molar-refractivity contribution in [1.29, 1.82) is 0 Å². The van der Waals surface area contributed by atoms with Crippen LogP contribution in [0.4, 0.5) is 0 Å². The molecule has 3 heterocycles. The van der Waals surface area contributed by atoms with Gasteiger partial charge >= 0.3 is 0 Å². The highest BCUT2D eigenvalue weighted by atomic mass is 28.3. The Morgan fingerprint density at radius 1 is 1.14 bits per heavy atom. The highest BCUT2D eigenvalue weighted by molar-refractivity contribution is 6.76. The standard InChI is InChI=1S/C27H31N5O2Si/c1-5-24(33)29-16-20-9-8-10-21(15-20)26-25-22(23-11-6-7-12-28-23)17-32(27(25)31-18-30-26)19-34-13-14-35(2,3)4/h5-12,15,17-18H,1,13-14,16,19H2,2-4H3,(H,29,33). The second-order valence-electron chi connectivity index (χ2n) is 9.62. The van der Waals surface area contributed by atoms with Crippen LogP contribution in [0.2, 0.25) is 25.7 Å². The van der Waals surface area contributed by atoms with Gasteiger partial charge in [-0.3, -0.25) is 9.78 Å². The van der Waals surface area contributed by atoms with Gasteiger partial charge in [-0.2, -0.15) is 0 Å². The minimum Gasteiger partial charge on any atom is -0.361 e. The monoisotopic (exact) mass is 485 g/mol. The predicted octanol–water partition coefficient (Wildman–Crippen LogP) is 5.27. The van der Waals surface area contributed by atoms with Gasteiger partial charge in [-0.1, -0.05) is 50.5 Å². The third kappa shape index (κ3) is 6.09. The van der Waals surface area contributed by atoms with Crippen molar-refractivity contribution in [3.63, 3.8) is 0 Å². The lowest BCUT2D eigenvalue weighted by molar-refractivity contribution is -0.116. The van der Waals surface area contributed by atoms with Crippen LogP contribution in [-0.2, 0) is 22.8 Å². The highest BCUT2D eigenvalue weighted by Gasteiger charge is 2.19. The van der Waals surface area contributed by atoms with Crippen molar-refractivity contribution >= 4 is 25.0 Å². The third-order valence-electron chi connectivity index (χ3n) is 5.67. The Balaban J connectivity index is 1.74. The lowest BCUT2D eigenvalue weighted by atomic mass is 10.0. The van der Waals surface area contributed by atoms with Crippen LogP contribution in [0.3, 0.4) is 0 Å². The maximum absolute atomic E-state index is 11.6. The first-order valence-electron chi connectivity index (χ1n) is 11.7. The van der Waals surface area contributed by atoms with Gasteiger partial charge in [0, 0.05) is 44.7 Å². The zero-order chi connectivity index (χ0) is 24.8. The number of hydrogen-bond acceptors (Lipinski definition) is 5. The van der Waals surface area contributed by atoms with E-state index in [1.807, 2.05) is 53.2 Å². The number of amides is 1. The van der Waals surface area contributed by atoms with Crippen LogP contribution in [0.1, 0.15) is 5.56 Å². The molecule has 4 aromatic rings. The van der Waals surface area contributed by atoms with Crippen LogP contribution < -0.4 is 5.32 Å². The van der Waals surface area contributed by atoms with Gasteiger partial charge in [-0.25, -0.2) is 9.97 Å². The number of aromatic nitrogens is 4. The number of ether oxygens (including phenoxy) is 1. The van der Waals surface area contributed by atoms with Gasteiger partial charge in [0.25, 0.3) is 0 Å². The normalized spacial score (nSPS) is 11.5. The molecule has 0 radical (unpaired) electrons. The first-order chi connectivity index (χ1) is 16.9. The number of hydrogen-bond donors (Lipinski definition) is 1. The fourth-order valence-corrected chi connectivity index (χ4v) is 4.55. The minimum absolute atomic E-state index is 0.205. The predicted molar refractivity (Wildman–Crippen MR) is 142 cm³/mol. The van der Waals surface area contributed by atoms with Crippen molar-refractivity contribution in [3.8, 4) is 22.5 Å². The molecular weight excluding hydrogens is 454 g/mol. The first-order valence-corrected chi connectivity index (χ1v) is 15.4. The molecule has 0 saturated carbocycles. The Morgan fingerprint density at radius 3 is 2.74 bits per heavy atom. The van der Waals surface area contributed by atoms with Crippen molar-refractivity contribution in [2.75, 3.05) is 6.61 Å². The summed E-state index contributed by atoms with van der Waals surface area (Å²) in [6, 6.07) is 15.0. The molecule has 3 aromatic heterocycles. The zero-order valence-corrected chi connectivity index (χ0v) is 21.5. The Kier molecular flexibility index (Phi) is 7.53. The van der Waals surface area contributed by atoms with E-state index in [4.69, 9.17) is 4.74 Å². The number of nitrogens with one attached hydrogen (secondary N) is 1. The average molecular weight is 486 g/mol. The smallest absolute Gasteiger partial charge is 0.243 e. The molecule has 0 aliphatic heterocycles. The number of benzene rings is 1. The fraction of sp³-hybridized carbons (Fsp3) is 0.259. The molecule has 35 heavy (non-hydrogen) atoms. The molecule has 0 unspecified atom stereocenters. The van der Waals surface area contributed by atoms with E-state index in [9.17, 15) is 4.79 Å². The second-order valence-corrected chi connectivity index (χ2v) is 15.2. The summed E-state index contributed by atoms with van der Waals surface area (Å²) in [5, 5.41) is 3.75. The van der Waals surface area contributed by atoms with E-state index in [0.717, 1.165) is 51.8 Å². The van der Waals surface area contributed by atoms with Gasteiger partial charge in [0.05, 0.1) is 16.8 Å². The Hall–Kier alpha value is -3.62. The van der Waals surface area contributed by atoms with Crippen LogP contribution >= 0.6 is 0 Å². The van der Waals surface area contributed by atoms with Crippen molar-refractivity contribution in [1.82, 2.24) is 24.8 Å². The Morgan fingerprint density at radius 2 is 2.00 bits per heavy atom. The summed E-state index contributed by atoms with van der Waals surface area (Å²) in [5.41, 5.74) is 5.33. The molecule has 0 spiro atoms. The van der Waals surface area contributed by atoms with Crippen molar-refractivity contribution in [3.05, 3.63) is 79.4 Å². The van der Waals surface area contributed by atoms with Gasteiger partial charge in [0.2, 0.25) is 5.91 Å². The van der Waals surface area contributed by atoms with E-state index in [1.54, 1.807) is 12.5 Å². The molecule has 7 nitrogen and oxygen atoms in total.